The van der Waals surface area contributed by atoms with E-state index in [2.05, 4.69) is 61.0 Å². The number of ether oxygens (including phenoxy) is 1. The Labute approximate surface area is 248 Å². The maximum Gasteiger partial charge on any atom is 0.338 e. The average Bonchev–Trinajstić information content (AvgIpc) is 3.49. The standard InChI is InChI=1S/C35H33N3O3S/c1-5-41-34(40)31-23(4)36-35-38(32(31)26-17-15-25(16-18-26)22(2)3)33(39)30(42-35)19-27-21-37(20-24-11-7-6-8-12-24)29-14-10-9-13-28(27)29/h6-19,21-22,32H,5,20H2,1-4H3. The van der Waals surface area contributed by atoms with E-state index < -0.39 is 12.0 Å². The molecule has 0 saturated carbocycles. The molecule has 0 spiro atoms. The summed E-state index contributed by atoms with van der Waals surface area (Å²) < 4.78 is 9.88. The van der Waals surface area contributed by atoms with Crippen molar-refractivity contribution < 1.29 is 9.53 Å². The van der Waals surface area contributed by atoms with Gasteiger partial charge in [0.05, 0.1) is 28.5 Å². The van der Waals surface area contributed by atoms with E-state index in [0.29, 0.717) is 26.5 Å². The highest BCUT2D eigenvalue weighted by Crippen LogP contribution is 2.31. The van der Waals surface area contributed by atoms with Gasteiger partial charge in [-0.1, -0.05) is 98.0 Å². The first-order chi connectivity index (χ1) is 20.4. The minimum absolute atomic E-state index is 0.175. The fourth-order valence-electron chi connectivity index (χ4n) is 5.61. The number of hydrogen-bond donors (Lipinski definition) is 0. The molecule has 5 aromatic rings. The van der Waals surface area contributed by atoms with Crippen LogP contribution >= 0.6 is 11.3 Å². The second kappa shape index (κ2) is 11.4. The molecule has 42 heavy (non-hydrogen) atoms. The van der Waals surface area contributed by atoms with E-state index >= 15 is 0 Å². The first-order valence-electron chi connectivity index (χ1n) is 14.3. The van der Waals surface area contributed by atoms with Gasteiger partial charge in [-0.05, 0) is 48.6 Å². The fraction of sp³-hybridized carbons (Fsp3) is 0.229. The first-order valence-corrected chi connectivity index (χ1v) is 15.1. The van der Waals surface area contributed by atoms with Gasteiger partial charge in [0.25, 0.3) is 5.56 Å². The van der Waals surface area contributed by atoms with E-state index in [0.717, 1.165) is 28.6 Å². The number of para-hydroxylation sites is 1. The lowest BCUT2D eigenvalue weighted by Crippen LogP contribution is -2.39. The van der Waals surface area contributed by atoms with Gasteiger partial charge < -0.3 is 9.30 Å². The SMILES string of the molecule is CCOC(=O)C1=C(C)N=c2sc(=Cc3cn(Cc4ccccc4)c4ccccc34)c(=O)n2C1c1ccc(C(C)C)cc1. The van der Waals surface area contributed by atoms with Crippen LogP contribution in [0.1, 0.15) is 61.9 Å². The molecule has 0 N–H and O–H groups in total. The maximum atomic E-state index is 14.1. The summed E-state index contributed by atoms with van der Waals surface area (Å²) in [7, 11) is 0. The monoisotopic (exact) mass is 575 g/mol. The Morgan fingerprint density at radius 3 is 2.45 bits per heavy atom. The predicted octanol–water partition coefficient (Wildman–Crippen LogP) is 5.92. The molecule has 0 radical (unpaired) electrons. The number of rotatable bonds is 7. The molecule has 6 nitrogen and oxygen atoms in total. The Morgan fingerprint density at radius 2 is 1.74 bits per heavy atom. The lowest BCUT2D eigenvalue weighted by Gasteiger charge is -2.25. The van der Waals surface area contributed by atoms with Crippen molar-refractivity contribution in [2.75, 3.05) is 6.61 Å². The van der Waals surface area contributed by atoms with Crippen LogP contribution in [-0.2, 0) is 16.1 Å². The van der Waals surface area contributed by atoms with Gasteiger partial charge in [0.1, 0.15) is 0 Å². The maximum absolute atomic E-state index is 14.1. The molecule has 7 heteroatoms. The second-order valence-corrected chi connectivity index (χ2v) is 11.8. The highest BCUT2D eigenvalue weighted by atomic mass is 32.1. The number of hydrogen-bond acceptors (Lipinski definition) is 5. The van der Waals surface area contributed by atoms with Crippen molar-refractivity contribution in [3.63, 3.8) is 0 Å². The Hall–Kier alpha value is -4.49. The van der Waals surface area contributed by atoms with Crippen LogP contribution in [0.3, 0.4) is 0 Å². The number of allylic oxidation sites excluding steroid dienone is 1. The van der Waals surface area contributed by atoms with E-state index in [1.54, 1.807) is 11.5 Å². The zero-order valence-corrected chi connectivity index (χ0v) is 25.0. The second-order valence-electron chi connectivity index (χ2n) is 10.8. The molecule has 2 aromatic heterocycles. The largest absolute Gasteiger partial charge is 0.463 e. The summed E-state index contributed by atoms with van der Waals surface area (Å²) in [5.74, 6) is -0.0817. The third-order valence-electron chi connectivity index (χ3n) is 7.74. The number of fused-ring (bicyclic) bond motifs is 2. The van der Waals surface area contributed by atoms with Gasteiger partial charge in [0.2, 0.25) is 0 Å². The van der Waals surface area contributed by atoms with Crippen LogP contribution in [0.2, 0.25) is 0 Å². The summed E-state index contributed by atoms with van der Waals surface area (Å²) in [6.07, 6.45) is 4.06. The third kappa shape index (κ3) is 5.05. The smallest absolute Gasteiger partial charge is 0.338 e. The molecule has 3 heterocycles. The molecule has 3 aromatic carbocycles. The number of benzene rings is 3. The highest BCUT2D eigenvalue weighted by molar-refractivity contribution is 7.07. The predicted molar refractivity (Wildman–Crippen MR) is 168 cm³/mol. The molecule has 0 saturated heterocycles. The van der Waals surface area contributed by atoms with Crippen molar-refractivity contribution in [2.24, 2.45) is 4.99 Å². The number of nitrogens with zero attached hydrogens (tertiary/aromatic N) is 3. The lowest BCUT2D eigenvalue weighted by molar-refractivity contribution is -0.139. The molecule has 1 aliphatic heterocycles. The summed E-state index contributed by atoms with van der Waals surface area (Å²) in [5, 5.41) is 1.07. The van der Waals surface area contributed by atoms with Crippen molar-refractivity contribution in [1.29, 1.82) is 0 Å². The summed E-state index contributed by atoms with van der Waals surface area (Å²) in [4.78, 5) is 32.7. The summed E-state index contributed by atoms with van der Waals surface area (Å²) in [6, 6.07) is 26.1. The van der Waals surface area contributed by atoms with E-state index in [1.165, 1.54) is 22.5 Å². The van der Waals surface area contributed by atoms with E-state index in [9.17, 15) is 9.59 Å². The van der Waals surface area contributed by atoms with Crippen LogP contribution in [0.15, 0.2) is 106 Å². The van der Waals surface area contributed by atoms with Gasteiger partial charge in [-0.25, -0.2) is 9.79 Å². The highest BCUT2D eigenvalue weighted by Gasteiger charge is 2.33. The topological polar surface area (TPSA) is 65.6 Å². The number of thiazole rings is 1. The molecule has 1 unspecified atom stereocenters. The summed E-state index contributed by atoms with van der Waals surface area (Å²) in [6.45, 7) is 8.85. The molecular formula is C35H33N3O3S. The lowest BCUT2D eigenvalue weighted by atomic mass is 9.93. The minimum atomic E-state index is -0.622. The Morgan fingerprint density at radius 1 is 1.02 bits per heavy atom. The van der Waals surface area contributed by atoms with Crippen LogP contribution in [0.5, 0.6) is 0 Å². The Bertz CT molecular complexity index is 1990. The van der Waals surface area contributed by atoms with Crippen molar-refractivity contribution in [1.82, 2.24) is 9.13 Å². The first kappa shape index (κ1) is 27.7. The van der Waals surface area contributed by atoms with Crippen LogP contribution in [-0.4, -0.2) is 21.7 Å². The number of carbonyl (C=O) groups is 1. The van der Waals surface area contributed by atoms with Gasteiger partial charge in [-0.15, -0.1) is 0 Å². The molecule has 212 valence electrons. The number of esters is 1. The third-order valence-corrected chi connectivity index (χ3v) is 8.72. The molecular weight excluding hydrogens is 542 g/mol. The van der Waals surface area contributed by atoms with E-state index in [1.807, 2.05) is 55.5 Å². The van der Waals surface area contributed by atoms with Crippen LogP contribution in [0.4, 0.5) is 0 Å². The van der Waals surface area contributed by atoms with Crippen LogP contribution < -0.4 is 14.9 Å². The summed E-state index contributed by atoms with van der Waals surface area (Å²) >= 11 is 1.35. The van der Waals surface area contributed by atoms with Crippen molar-refractivity contribution in [3.05, 3.63) is 138 Å². The van der Waals surface area contributed by atoms with Gasteiger partial charge >= 0.3 is 5.97 Å². The Kier molecular flexibility index (Phi) is 7.52. The van der Waals surface area contributed by atoms with Crippen LogP contribution in [0, 0.1) is 0 Å². The van der Waals surface area contributed by atoms with Gasteiger partial charge in [0, 0.05) is 29.2 Å². The zero-order valence-electron chi connectivity index (χ0n) is 24.2. The normalized spacial score (nSPS) is 15.3. The average molecular weight is 576 g/mol. The molecule has 0 bridgehead atoms. The van der Waals surface area contributed by atoms with E-state index in [-0.39, 0.29) is 12.2 Å². The van der Waals surface area contributed by atoms with Gasteiger partial charge in [0.15, 0.2) is 4.80 Å². The molecule has 0 amide bonds. The van der Waals surface area contributed by atoms with Crippen molar-refractivity contribution in [3.8, 4) is 0 Å². The minimum Gasteiger partial charge on any atom is -0.463 e. The molecule has 1 atom stereocenters. The number of carbonyl (C=O) groups excluding carboxylic acids is 1. The quantitative estimate of drug-likeness (QED) is 0.226. The van der Waals surface area contributed by atoms with E-state index in [4.69, 9.17) is 9.73 Å². The molecule has 1 aliphatic rings. The zero-order chi connectivity index (χ0) is 29.4. The fourth-order valence-corrected chi connectivity index (χ4v) is 6.65. The van der Waals surface area contributed by atoms with Crippen LogP contribution in [0.25, 0.3) is 17.0 Å². The molecule has 0 aliphatic carbocycles. The van der Waals surface area contributed by atoms with Crippen molar-refractivity contribution in [2.45, 2.75) is 46.2 Å². The number of aromatic nitrogens is 2. The van der Waals surface area contributed by atoms with Gasteiger partial charge in [-0.3, -0.25) is 9.36 Å². The molecule has 6 rings (SSSR count). The summed E-state index contributed by atoms with van der Waals surface area (Å²) in [5.41, 5.74) is 6.10. The molecule has 0 fully saturated rings. The van der Waals surface area contributed by atoms with Crippen molar-refractivity contribution >= 4 is 34.3 Å². The van der Waals surface area contributed by atoms with Gasteiger partial charge in [-0.2, -0.15) is 0 Å². The Balaban J connectivity index is 1.51.